The summed E-state index contributed by atoms with van der Waals surface area (Å²) in [6, 6.07) is 3.90. The van der Waals surface area contributed by atoms with Crippen LogP contribution in [0.4, 0.5) is 0 Å². The molecule has 4 rings (SSSR count). The number of piperidine rings is 1. The predicted octanol–water partition coefficient (Wildman–Crippen LogP) is 1.67. The lowest BCUT2D eigenvalue weighted by Gasteiger charge is -2.33. The summed E-state index contributed by atoms with van der Waals surface area (Å²) in [5.41, 5.74) is 1.62. The van der Waals surface area contributed by atoms with Gasteiger partial charge < -0.3 is 14.5 Å². The molecule has 2 aliphatic heterocycles. The molecular formula is C19H24N4O3. The molecule has 1 N–H and O–H groups in total. The Hall–Kier alpha value is -2.25. The number of carbonyl (C=O) groups is 1. The van der Waals surface area contributed by atoms with Gasteiger partial charge in [-0.1, -0.05) is 0 Å². The number of nitrogens with zero attached hydrogens (tertiary/aromatic N) is 3. The minimum atomic E-state index is -0.369. The van der Waals surface area contributed by atoms with Gasteiger partial charge in [-0.3, -0.25) is 19.7 Å². The predicted molar refractivity (Wildman–Crippen MR) is 94.0 cm³/mol. The van der Waals surface area contributed by atoms with Crippen molar-refractivity contribution in [3.05, 3.63) is 47.9 Å². The SMILES string of the molecule is Cc1cnc(CNC(=O)[C@@H]2C[C@H]3CCN(Cc4ccco4)C[C@@H]3O2)cn1. The first kappa shape index (κ1) is 17.2. The molecule has 2 fully saturated rings. The molecule has 0 saturated carbocycles. The van der Waals surface area contributed by atoms with Crippen molar-refractivity contribution in [2.24, 2.45) is 5.92 Å². The molecule has 2 aliphatic rings. The summed E-state index contributed by atoms with van der Waals surface area (Å²) >= 11 is 0. The number of likely N-dealkylation sites (tertiary alicyclic amines) is 1. The van der Waals surface area contributed by atoms with Crippen LogP contribution in [0.25, 0.3) is 0 Å². The molecule has 0 spiro atoms. The van der Waals surface area contributed by atoms with Crippen LogP contribution >= 0.6 is 0 Å². The number of rotatable bonds is 5. The van der Waals surface area contributed by atoms with Crippen LogP contribution in [0.1, 0.15) is 30.0 Å². The maximum atomic E-state index is 12.5. The Morgan fingerprint density at radius 2 is 2.31 bits per heavy atom. The van der Waals surface area contributed by atoms with Gasteiger partial charge in [-0.2, -0.15) is 0 Å². The summed E-state index contributed by atoms with van der Waals surface area (Å²) in [7, 11) is 0. The van der Waals surface area contributed by atoms with Crippen molar-refractivity contribution in [2.45, 2.75) is 45.1 Å². The first-order valence-electron chi connectivity index (χ1n) is 9.13. The monoisotopic (exact) mass is 356 g/mol. The number of nitrogens with one attached hydrogen (secondary N) is 1. The number of aryl methyl sites for hydroxylation is 1. The van der Waals surface area contributed by atoms with E-state index < -0.39 is 0 Å². The molecule has 0 unspecified atom stereocenters. The van der Waals surface area contributed by atoms with Crippen LogP contribution in [0.3, 0.4) is 0 Å². The highest BCUT2D eigenvalue weighted by molar-refractivity contribution is 5.81. The molecule has 3 atom stereocenters. The van der Waals surface area contributed by atoms with Gasteiger partial charge in [-0.05, 0) is 44.4 Å². The van der Waals surface area contributed by atoms with Gasteiger partial charge in [0.15, 0.2) is 0 Å². The first-order valence-corrected chi connectivity index (χ1v) is 9.13. The van der Waals surface area contributed by atoms with E-state index in [0.29, 0.717) is 12.5 Å². The van der Waals surface area contributed by atoms with E-state index in [-0.39, 0.29) is 18.1 Å². The molecule has 138 valence electrons. The minimum Gasteiger partial charge on any atom is -0.468 e. The largest absolute Gasteiger partial charge is 0.468 e. The zero-order valence-electron chi connectivity index (χ0n) is 14.9. The first-order chi connectivity index (χ1) is 12.7. The third-order valence-electron chi connectivity index (χ3n) is 5.17. The van der Waals surface area contributed by atoms with Crippen LogP contribution in [-0.4, -0.2) is 46.1 Å². The Morgan fingerprint density at radius 1 is 1.38 bits per heavy atom. The van der Waals surface area contributed by atoms with Crippen molar-refractivity contribution in [3.8, 4) is 0 Å². The minimum absolute atomic E-state index is 0.0561. The second-order valence-electron chi connectivity index (χ2n) is 7.13. The molecule has 0 aromatic carbocycles. The number of aromatic nitrogens is 2. The lowest BCUT2D eigenvalue weighted by molar-refractivity contribution is -0.133. The fourth-order valence-corrected chi connectivity index (χ4v) is 3.73. The maximum Gasteiger partial charge on any atom is 0.249 e. The van der Waals surface area contributed by atoms with Gasteiger partial charge in [0, 0.05) is 12.7 Å². The van der Waals surface area contributed by atoms with Crippen LogP contribution in [0, 0.1) is 12.8 Å². The van der Waals surface area contributed by atoms with Gasteiger partial charge in [-0.25, -0.2) is 0 Å². The highest BCUT2D eigenvalue weighted by Crippen LogP contribution is 2.33. The molecule has 0 radical (unpaired) electrons. The van der Waals surface area contributed by atoms with E-state index in [2.05, 4.69) is 20.2 Å². The highest BCUT2D eigenvalue weighted by atomic mass is 16.5. The van der Waals surface area contributed by atoms with Crippen molar-refractivity contribution in [3.63, 3.8) is 0 Å². The number of amides is 1. The molecule has 0 aliphatic carbocycles. The molecule has 26 heavy (non-hydrogen) atoms. The molecule has 2 saturated heterocycles. The maximum absolute atomic E-state index is 12.5. The van der Waals surface area contributed by atoms with E-state index in [1.807, 2.05) is 19.1 Å². The standard InChI is InChI=1S/C19H24N4O3/c1-13-8-21-15(9-20-13)10-22-19(24)17-7-14-4-5-23(12-18(14)26-17)11-16-3-2-6-25-16/h2-3,6,8-9,14,17-18H,4-5,7,10-12H2,1H3,(H,22,24)/t14-,17+,18+/m1/s1. The molecule has 7 nitrogen and oxygen atoms in total. The Balaban J connectivity index is 1.27. The van der Waals surface area contributed by atoms with Gasteiger partial charge in [-0.15, -0.1) is 0 Å². The third kappa shape index (κ3) is 3.94. The fraction of sp³-hybridized carbons (Fsp3) is 0.526. The van der Waals surface area contributed by atoms with Crippen LogP contribution in [0.2, 0.25) is 0 Å². The van der Waals surface area contributed by atoms with Gasteiger partial charge >= 0.3 is 0 Å². The Kier molecular flexibility index (Phi) is 4.99. The number of fused-ring (bicyclic) bond motifs is 1. The van der Waals surface area contributed by atoms with Crippen LogP contribution < -0.4 is 5.32 Å². The van der Waals surface area contributed by atoms with E-state index in [9.17, 15) is 4.79 Å². The van der Waals surface area contributed by atoms with Crippen LogP contribution in [-0.2, 0) is 22.6 Å². The molecule has 1 amide bonds. The molecule has 2 aromatic rings. The zero-order valence-corrected chi connectivity index (χ0v) is 14.9. The van der Waals surface area contributed by atoms with Crippen molar-refractivity contribution in [1.29, 1.82) is 0 Å². The molecule has 4 heterocycles. The lowest BCUT2D eigenvalue weighted by atomic mass is 9.91. The van der Waals surface area contributed by atoms with Gasteiger partial charge in [0.05, 0.1) is 43.0 Å². The van der Waals surface area contributed by atoms with Crippen molar-refractivity contribution in [1.82, 2.24) is 20.2 Å². The van der Waals surface area contributed by atoms with E-state index in [0.717, 1.165) is 49.6 Å². The topological polar surface area (TPSA) is 80.5 Å². The number of ether oxygens (including phenoxy) is 1. The summed E-state index contributed by atoms with van der Waals surface area (Å²) in [4.78, 5) is 23.2. The van der Waals surface area contributed by atoms with Gasteiger partial charge in [0.2, 0.25) is 5.91 Å². The van der Waals surface area contributed by atoms with Gasteiger partial charge in [0.25, 0.3) is 0 Å². The van der Waals surface area contributed by atoms with Crippen LogP contribution in [0.15, 0.2) is 35.2 Å². The Bertz CT molecular complexity index is 732. The highest BCUT2D eigenvalue weighted by Gasteiger charge is 2.41. The lowest BCUT2D eigenvalue weighted by Crippen LogP contribution is -2.42. The van der Waals surface area contributed by atoms with E-state index >= 15 is 0 Å². The number of hydrogen-bond donors (Lipinski definition) is 1. The third-order valence-corrected chi connectivity index (χ3v) is 5.17. The molecule has 7 heteroatoms. The number of furan rings is 1. The summed E-state index contributed by atoms with van der Waals surface area (Å²) in [6.45, 7) is 4.92. The van der Waals surface area contributed by atoms with Crippen molar-refractivity contribution < 1.29 is 13.9 Å². The van der Waals surface area contributed by atoms with Crippen molar-refractivity contribution in [2.75, 3.05) is 13.1 Å². The average Bonchev–Trinajstić information content (AvgIpc) is 3.30. The summed E-state index contributed by atoms with van der Waals surface area (Å²) in [5.74, 6) is 1.37. The summed E-state index contributed by atoms with van der Waals surface area (Å²) in [5, 5.41) is 2.92. The van der Waals surface area contributed by atoms with E-state index in [4.69, 9.17) is 9.15 Å². The van der Waals surface area contributed by atoms with E-state index in [1.165, 1.54) is 0 Å². The molecule has 2 aromatic heterocycles. The fourth-order valence-electron chi connectivity index (χ4n) is 3.73. The number of hydrogen-bond acceptors (Lipinski definition) is 6. The Morgan fingerprint density at radius 3 is 3.08 bits per heavy atom. The van der Waals surface area contributed by atoms with Crippen LogP contribution in [0.5, 0.6) is 0 Å². The second kappa shape index (κ2) is 7.55. The quantitative estimate of drug-likeness (QED) is 0.878. The van der Waals surface area contributed by atoms with Gasteiger partial charge in [0.1, 0.15) is 11.9 Å². The van der Waals surface area contributed by atoms with Crippen molar-refractivity contribution >= 4 is 5.91 Å². The molecular weight excluding hydrogens is 332 g/mol. The number of carbonyl (C=O) groups excluding carboxylic acids is 1. The normalized spacial score (nSPS) is 25.8. The average molecular weight is 356 g/mol. The Labute approximate surface area is 152 Å². The second-order valence-corrected chi connectivity index (χ2v) is 7.13. The summed E-state index contributed by atoms with van der Waals surface area (Å²) in [6.07, 6.45) is 6.70. The summed E-state index contributed by atoms with van der Waals surface area (Å²) < 4.78 is 11.5. The molecule has 0 bridgehead atoms. The zero-order chi connectivity index (χ0) is 17.9. The smallest absolute Gasteiger partial charge is 0.249 e. The van der Waals surface area contributed by atoms with E-state index in [1.54, 1.807) is 18.7 Å².